The summed E-state index contributed by atoms with van der Waals surface area (Å²) < 4.78 is 18.2. The van der Waals surface area contributed by atoms with E-state index in [4.69, 9.17) is 14.2 Å². The van der Waals surface area contributed by atoms with Gasteiger partial charge in [-0.25, -0.2) is 0 Å². The summed E-state index contributed by atoms with van der Waals surface area (Å²) in [6.07, 6.45) is 3.82. The van der Waals surface area contributed by atoms with Crippen LogP contribution in [-0.4, -0.2) is 61.1 Å². The third kappa shape index (κ3) is 3.58. The van der Waals surface area contributed by atoms with Crippen molar-refractivity contribution in [2.45, 2.75) is 42.0 Å². The molecule has 7 nitrogen and oxygen atoms in total. The van der Waals surface area contributed by atoms with Crippen molar-refractivity contribution in [3.63, 3.8) is 0 Å². The summed E-state index contributed by atoms with van der Waals surface area (Å²) in [4.78, 5) is 29.2. The van der Waals surface area contributed by atoms with E-state index in [2.05, 4.69) is 12.1 Å². The molecular formula is C25H30N2O5S2. The number of aromatic nitrogens is 1. The average Bonchev–Trinajstić information content (AvgIpc) is 3.57. The second-order valence-electron chi connectivity index (χ2n) is 9.70. The van der Waals surface area contributed by atoms with Gasteiger partial charge in [0.2, 0.25) is 5.91 Å². The lowest BCUT2D eigenvalue weighted by atomic mass is 9.75. The minimum atomic E-state index is -0.0306. The van der Waals surface area contributed by atoms with E-state index in [1.54, 1.807) is 18.8 Å². The fourth-order valence-electron chi connectivity index (χ4n) is 6.55. The molecule has 1 amide bonds. The van der Waals surface area contributed by atoms with Crippen LogP contribution in [0, 0.1) is 17.8 Å². The number of rotatable bonds is 5. The number of amides is 1. The van der Waals surface area contributed by atoms with Crippen molar-refractivity contribution in [1.29, 1.82) is 0 Å². The Morgan fingerprint density at radius 3 is 2.65 bits per heavy atom. The highest BCUT2D eigenvalue weighted by molar-refractivity contribution is 8.00. The molecule has 5 atom stereocenters. The predicted molar refractivity (Wildman–Crippen MR) is 131 cm³/mol. The molecule has 182 valence electrons. The third-order valence-electron chi connectivity index (χ3n) is 8.11. The van der Waals surface area contributed by atoms with E-state index in [1.165, 1.54) is 36.2 Å². The number of fused-ring (bicyclic) bond motifs is 6. The van der Waals surface area contributed by atoms with Crippen molar-refractivity contribution in [1.82, 2.24) is 9.47 Å². The van der Waals surface area contributed by atoms with Gasteiger partial charge in [0.25, 0.3) is 0 Å². The maximum absolute atomic E-state index is 13.3. The van der Waals surface area contributed by atoms with Gasteiger partial charge in [-0.1, -0.05) is 17.4 Å². The quantitative estimate of drug-likeness (QED) is 0.624. The van der Waals surface area contributed by atoms with Crippen molar-refractivity contribution in [2.75, 3.05) is 40.5 Å². The zero-order valence-electron chi connectivity index (χ0n) is 19.5. The smallest absolute Gasteiger partial charge is 0.308 e. The van der Waals surface area contributed by atoms with Crippen molar-refractivity contribution in [2.24, 2.45) is 17.8 Å². The Kier molecular flexibility index (Phi) is 5.90. The van der Waals surface area contributed by atoms with Crippen molar-refractivity contribution < 1.29 is 19.0 Å². The number of ether oxygens (including phenoxy) is 3. The molecule has 0 N–H and O–H groups in total. The Morgan fingerprint density at radius 2 is 1.88 bits per heavy atom. The van der Waals surface area contributed by atoms with Gasteiger partial charge in [-0.05, 0) is 54.7 Å². The Labute approximate surface area is 207 Å². The maximum Gasteiger partial charge on any atom is 0.308 e. The molecule has 3 heterocycles. The summed E-state index contributed by atoms with van der Waals surface area (Å²) >= 11 is 3.19. The van der Waals surface area contributed by atoms with Gasteiger partial charge in [0.05, 0.1) is 32.5 Å². The molecule has 2 aliphatic carbocycles. The molecule has 1 aromatic carbocycles. The van der Waals surface area contributed by atoms with Gasteiger partial charge in [-0.2, -0.15) is 0 Å². The number of hydrogen-bond donors (Lipinski definition) is 0. The van der Waals surface area contributed by atoms with Crippen LogP contribution in [0.1, 0.15) is 35.6 Å². The lowest BCUT2D eigenvalue weighted by Crippen LogP contribution is -2.43. The second kappa shape index (κ2) is 8.91. The molecule has 34 heavy (non-hydrogen) atoms. The highest BCUT2D eigenvalue weighted by Gasteiger charge is 2.55. The van der Waals surface area contributed by atoms with Gasteiger partial charge in [0, 0.05) is 29.1 Å². The summed E-state index contributed by atoms with van der Waals surface area (Å²) in [6.45, 7) is 2.42. The number of carbonyl (C=O) groups is 1. The molecule has 2 saturated carbocycles. The standard InChI is InChI=1S/C25H30N2O5S2/c1-30-17-6-5-15(12-18(17)31-2)21-20-14-3-4-16(11-14)22(20)33-24-23(21)34-25(29)27(24)13-19(28)26-7-9-32-10-8-26/h5-6,12,14,16,20-22H,3-4,7-11,13H2,1-2H3/t14?,16?,20?,21-,22?/m1/s1. The van der Waals surface area contributed by atoms with E-state index in [9.17, 15) is 9.59 Å². The molecule has 0 spiro atoms. The lowest BCUT2D eigenvalue weighted by Gasteiger charge is -2.40. The van der Waals surface area contributed by atoms with Crippen molar-refractivity contribution in [3.05, 3.63) is 38.3 Å². The summed E-state index contributed by atoms with van der Waals surface area (Å²) in [5.41, 5.74) is 1.18. The Balaban J connectivity index is 1.41. The predicted octanol–water partition coefficient (Wildman–Crippen LogP) is 3.44. The topological polar surface area (TPSA) is 70.0 Å². The molecular weight excluding hydrogens is 472 g/mol. The Hall–Kier alpha value is -1.97. The fraction of sp³-hybridized carbons (Fsp3) is 0.600. The van der Waals surface area contributed by atoms with Crippen LogP contribution in [0.3, 0.4) is 0 Å². The molecule has 2 bridgehead atoms. The molecule has 4 aliphatic rings. The normalized spacial score (nSPS) is 29.6. The van der Waals surface area contributed by atoms with Crippen molar-refractivity contribution in [3.8, 4) is 11.5 Å². The number of hydrogen-bond acceptors (Lipinski definition) is 7. The van der Waals surface area contributed by atoms with E-state index in [1.807, 2.05) is 22.7 Å². The molecule has 1 saturated heterocycles. The Morgan fingerprint density at radius 1 is 1.12 bits per heavy atom. The second-order valence-corrected chi connectivity index (χ2v) is 11.9. The first-order valence-corrected chi connectivity index (χ1v) is 13.8. The van der Waals surface area contributed by atoms with Crippen LogP contribution in [0.25, 0.3) is 0 Å². The first-order chi connectivity index (χ1) is 16.6. The molecule has 0 radical (unpaired) electrons. The first kappa shape index (κ1) is 22.5. The number of carbonyl (C=O) groups excluding carboxylic acids is 1. The maximum atomic E-state index is 13.3. The van der Waals surface area contributed by atoms with Gasteiger partial charge in [0.15, 0.2) is 11.5 Å². The number of thioether (sulfide) groups is 1. The molecule has 4 unspecified atom stereocenters. The highest BCUT2D eigenvalue weighted by atomic mass is 32.2. The van der Waals surface area contributed by atoms with Gasteiger partial charge in [0.1, 0.15) is 6.54 Å². The number of thiazole rings is 1. The van der Waals surface area contributed by atoms with Crippen LogP contribution in [0.2, 0.25) is 0 Å². The molecule has 2 aliphatic heterocycles. The van der Waals surface area contributed by atoms with E-state index >= 15 is 0 Å². The molecule has 6 rings (SSSR count). The number of nitrogens with zero attached hydrogens (tertiary/aromatic N) is 2. The average molecular weight is 503 g/mol. The highest BCUT2D eigenvalue weighted by Crippen LogP contribution is 2.64. The first-order valence-electron chi connectivity index (χ1n) is 12.1. The number of morpholine rings is 1. The van der Waals surface area contributed by atoms with E-state index in [0.717, 1.165) is 9.90 Å². The largest absolute Gasteiger partial charge is 0.493 e. The summed E-state index contributed by atoms with van der Waals surface area (Å²) in [5, 5.41) is 1.49. The third-order valence-corrected chi connectivity index (χ3v) is 10.9. The summed E-state index contributed by atoms with van der Waals surface area (Å²) in [6, 6.07) is 6.18. The summed E-state index contributed by atoms with van der Waals surface area (Å²) in [5.74, 6) is 3.47. The molecule has 1 aromatic heterocycles. The van der Waals surface area contributed by atoms with Gasteiger partial charge < -0.3 is 19.1 Å². The fourth-order valence-corrected chi connectivity index (χ4v) is 9.71. The van der Waals surface area contributed by atoms with Crippen LogP contribution in [-0.2, 0) is 16.1 Å². The van der Waals surface area contributed by atoms with Crippen LogP contribution in [0.4, 0.5) is 0 Å². The van der Waals surface area contributed by atoms with Gasteiger partial charge in [-0.15, -0.1) is 11.8 Å². The lowest BCUT2D eigenvalue weighted by molar-refractivity contribution is -0.136. The molecule has 9 heteroatoms. The monoisotopic (exact) mass is 502 g/mol. The zero-order chi connectivity index (χ0) is 23.4. The van der Waals surface area contributed by atoms with Crippen LogP contribution >= 0.6 is 23.1 Å². The van der Waals surface area contributed by atoms with Crippen LogP contribution < -0.4 is 14.3 Å². The van der Waals surface area contributed by atoms with Gasteiger partial charge >= 0.3 is 4.87 Å². The minimum Gasteiger partial charge on any atom is -0.493 e. The van der Waals surface area contributed by atoms with Crippen LogP contribution in [0.15, 0.2) is 28.0 Å². The number of methoxy groups -OCH3 is 2. The number of benzene rings is 1. The SMILES string of the molecule is COc1ccc([C@H]2c3sc(=O)n(CC(=O)N4CCOCC4)c3SC3C4CCC(C4)C32)cc1OC. The minimum absolute atomic E-state index is 0.00401. The molecule has 2 aromatic rings. The zero-order valence-corrected chi connectivity index (χ0v) is 21.2. The van der Waals surface area contributed by atoms with E-state index < -0.39 is 0 Å². The van der Waals surface area contributed by atoms with Crippen molar-refractivity contribution >= 4 is 29.0 Å². The molecule has 3 fully saturated rings. The van der Waals surface area contributed by atoms with E-state index in [-0.39, 0.29) is 23.2 Å². The van der Waals surface area contributed by atoms with E-state index in [0.29, 0.717) is 60.8 Å². The summed E-state index contributed by atoms with van der Waals surface area (Å²) in [7, 11) is 3.31. The Bertz CT molecular complexity index is 1150. The van der Waals surface area contributed by atoms with Crippen LogP contribution in [0.5, 0.6) is 11.5 Å². The van der Waals surface area contributed by atoms with Gasteiger partial charge in [-0.3, -0.25) is 14.2 Å².